The minimum atomic E-state index is -0.252. The van der Waals surface area contributed by atoms with Crippen LogP contribution in [0.3, 0.4) is 0 Å². The van der Waals surface area contributed by atoms with Gasteiger partial charge in [-0.25, -0.2) is 9.37 Å². The fourth-order valence-electron chi connectivity index (χ4n) is 3.15. The molecule has 1 unspecified atom stereocenters. The standard InChI is InChI=1S/C16H26FN3/c1-3-5-13-6-4-8-20(9-7-13)16-14(11-18-2)10-15(17)12-19-16/h10,12-13,18H,3-9,11H2,1-2H3. The monoisotopic (exact) mass is 279 g/mol. The summed E-state index contributed by atoms with van der Waals surface area (Å²) in [7, 11) is 1.88. The fraction of sp³-hybridized carbons (Fsp3) is 0.688. The molecule has 1 aliphatic rings. The Morgan fingerprint density at radius 3 is 3.00 bits per heavy atom. The van der Waals surface area contributed by atoms with Gasteiger partial charge in [-0.05, 0) is 38.3 Å². The maximum absolute atomic E-state index is 13.4. The summed E-state index contributed by atoms with van der Waals surface area (Å²) in [4.78, 5) is 6.68. The van der Waals surface area contributed by atoms with Gasteiger partial charge < -0.3 is 10.2 Å². The van der Waals surface area contributed by atoms with Gasteiger partial charge >= 0.3 is 0 Å². The highest BCUT2D eigenvalue weighted by Crippen LogP contribution is 2.26. The molecule has 0 aromatic carbocycles. The Balaban J connectivity index is 2.10. The lowest BCUT2D eigenvalue weighted by Gasteiger charge is -2.24. The third-order valence-electron chi connectivity index (χ3n) is 4.12. The van der Waals surface area contributed by atoms with Gasteiger partial charge in [-0.1, -0.05) is 19.8 Å². The molecule has 1 aromatic heterocycles. The molecule has 1 aliphatic heterocycles. The molecule has 0 radical (unpaired) electrons. The van der Waals surface area contributed by atoms with E-state index in [2.05, 4.69) is 22.1 Å². The zero-order chi connectivity index (χ0) is 14.4. The Morgan fingerprint density at radius 2 is 2.25 bits per heavy atom. The van der Waals surface area contributed by atoms with E-state index in [1.807, 2.05) is 7.05 Å². The number of nitrogens with one attached hydrogen (secondary N) is 1. The van der Waals surface area contributed by atoms with E-state index in [0.717, 1.165) is 30.4 Å². The van der Waals surface area contributed by atoms with E-state index in [9.17, 15) is 4.39 Å². The van der Waals surface area contributed by atoms with E-state index >= 15 is 0 Å². The molecule has 0 amide bonds. The molecule has 3 nitrogen and oxygen atoms in total. The highest BCUT2D eigenvalue weighted by molar-refractivity contribution is 5.47. The average molecular weight is 279 g/mol. The highest BCUT2D eigenvalue weighted by Gasteiger charge is 2.19. The lowest BCUT2D eigenvalue weighted by molar-refractivity contribution is 0.435. The zero-order valence-corrected chi connectivity index (χ0v) is 12.7. The molecular formula is C16H26FN3. The maximum atomic E-state index is 13.4. The summed E-state index contributed by atoms with van der Waals surface area (Å²) >= 11 is 0. The first kappa shape index (κ1) is 15.2. The lowest BCUT2D eigenvalue weighted by Crippen LogP contribution is -2.27. The number of pyridine rings is 1. The van der Waals surface area contributed by atoms with Gasteiger partial charge in [-0.3, -0.25) is 0 Å². The predicted octanol–water partition coefficient (Wildman–Crippen LogP) is 3.35. The van der Waals surface area contributed by atoms with E-state index in [0.29, 0.717) is 6.54 Å². The van der Waals surface area contributed by atoms with Crippen LogP contribution in [0.25, 0.3) is 0 Å². The van der Waals surface area contributed by atoms with Crippen LogP contribution in [0.1, 0.15) is 44.6 Å². The van der Waals surface area contributed by atoms with Crippen LogP contribution in [0.5, 0.6) is 0 Å². The SMILES string of the molecule is CCCC1CCCN(c2ncc(F)cc2CNC)CC1. The smallest absolute Gasteiger partial charge is 0.141 e. The van der Waals surface area contributed by atoms with Crippen molar-refractivity contribution in [2.24, 2.45) is 5.92 Å². The first-order valence-electron chi connectivity index (χ1n) is 7.78. The van der Waals surface area contributed by atoms with Crippen molar-refractivity contribution in [3.8, 4) is 0 Å². The van der Waals surface area contributed by atoms with E-state index < -0.39 is 0 Å². The summed E-state index contributed by atoms with van der Waals surface area (Å²) < 4.78 is 13.4. The van der Waals surface area contributed by atoms with Gasteiger partial charge in [0.05, 0.1) is 6.20 Å². The van der Waals surface area contributed by atoms with Crippen molar-refractivity contribution in [2.75, 3.05) is 25.0 Å². The molecule has 2 heterocycles. The molecule has 1 aromatic rings. The number of rotatable bonds is 5. The van der Waals surface area contributed by atoms with Gasteiger partial charge in [-0.2, -0.15) is 0 Å². The minimum Gasteiger partial charge on any atom is -0.356 e. The summed E-state index contributed by atoms with van der Waals surface area (Å²) in [6.07, 6.45) is 7.68. The molecular weight excluding hydrogens is 253 g/mol. The Hall–Kier alpha value is -1.16. The molecule has 1 fully saturated rings. The minimum absolute atomic E-state index is 0.252. The molecule has 1 saturated heterocycles. The summed E-state index contributed by atoms with van der Waals surface area (Å²) in [5.41, 5.74) is 0.960. The topological polar surface area (TPSA) is 28.2 Å². The molecule has 4 heteroatoms. The van der Waals surface area contributed by atoms with Gasteiger partial charge in [-0.15, -0.1) is 0 Å². The van der Waals surface area contributed by atoms with Gasteiger partial charge in [0.1, 0.15) is 11.6 Å². The summed E-state index contributed by atoms with van der Waals surface area (Å²) in [5, 5.41) is 3.10. The first-order chi connectivity index (χ1) is 9.74. The molecule has 2 rings (SSSR count). The summed E-state index contributed by atoms with van der Waals surface area (Å²) in [6.45, 7) is 5.00. The van der Waals surface area contributed by atoms with Gasteiger partial charge in [0.2, 0.25) is 0 Å². The van der Waals surface area contributed by atoms with E-state index in [1.54, 1.807) is 6.07 Å². The largest absolute Gasteiger partial charge is 0.356 e. The molecule has 0 aliphatic carbocycles. The first-order valence-corrected chi connectivity index (χ1v) is 7.78. The predicted molar refractivity (Wildman–Crippen MR) is 81.4 cm³/mol. The number of aromatic nitrogens is 1. The Labute approximate surface area is 121 Å². The maximum Gasteiger partial charge on any atom is 0.141 e. The number of hydrogen-bond donors (Lipinski definition) is 1. The van der Waals surface area contributed by atoms with Crippen molar-refractivity contribution in [3.05, 3.63) is 23.6 Å². The third kappa shape index (κ3) is 3.92. The Morgan fingerprint density at radius 1 is 1.40 bits per heavy atom. The normalized spacial score (nSPS) is 19.9. The molecule has 0 bridgehead atoms. The van der Waals surface area contributed by atoms with Crippen molar-refractivity contribution >= 4 is 5.82 Å². The molecule has 0 spiro atoms. The van der Waals surface area contributed by atoms with E-state index in [-0.39, 0.29) is 5.82 Å². The number of halogens is 1. The zero-order valence-electron chi connectivity index (χ0n) is 12.7. The van der Waals surface area contributed by atoms with E-state index in [4.69, 9.17) is 0 Å². The number of hydrogen-bond acceptors (Lipinski definition) is 3. The van der Waals surface area contributed by atoms with E-state index in [1.165, 1.54) is 38.3 Å². The molecule has 1 N–H and O–H groups in total. The van der Waals surface area contributed by atoms with Crippen molar-refractivity contribution < 1.29 is 4.39 Å². The van der Waals surface area contributed by atoms with Crippen LogP contribution in [0.2, 0.25) is 0 Å². The summed E-state index contributed by atoms with van der Waals surface area (Å²) in [5.74, 6) is 1.55. The van der Waals surface area contributed by atoms with Crippen LogP contribution < -0.4 is 10.2 Å². The van der Waals surface area contributed by atoms with Crippen LogP contribution >= 0.6 is 0 Å². The van der Waals surface area contributed by atoms with Crippen molar-refractivity contribution in [2.45, 2.75) is 45.6 Å². The Kier molecular flexibility index (Phi) is 5.77. The second-order valence-corrected chi connectivity index (χ2v) is 5.74. The molecule has 112 valence electrons. The second kappa shape index (κ2) is 7.58. The summed E-state index contributed by atoms with van der Waals surface area (Å²) in [6, 6.07) is 1.60. The van der Waals surface area contributed by atoms with Crippen LogP contribution in [0, 0.1) is 11.7 Å². The van der Waals surface area contributed by atoms with Gasteiger partial charge in [0.25, 0.3) is 0 Å². The Bertz CT molecular complexity index is 422. The number of nitrogens with zero attached hydrogens (tertiary/aromatic N) is 2. The average Bonchev–Trinajstić information content (AvgIpc) is 2.66. The lowest BCUT2D eigenvalue weighted by atomic mass is 9.96. The van der Waals surface area contributed by atoms with Gasteiger partial charge in [0.15, 0.2) is 0 Å². The van der Waals surface area contributed by atoms with Gasteiger partial charge in [0, 0.05) is 25.2 Å². The van der Waals surface area contributed by atoms with Crippen molar-refractivity contribution in [3.63, 3.8) is 0 Å². The van der Waals surface area contributed by atoms with Crippen LogP contribution in [-0.4, -0.2) is 25.1 Å². The van der Waals surface area contributed by atoms with Crippen LogP contribution in [0.4, 0.5) is 10.2 Å². The quantitative estimate of drug-likeness (QED) is 0.896. The third-order valence-corrected chi connectivity index (χ3v) is 4.12. The molecule has 0 saturated carbocycles. The van der Waals surface area contributed by atoms with Crippen molar-refractivity contribution in [1.82, 2.24) is 10.3 Å². The fourth-order valence-corrected chi connectivity index (χ4v) is 3.15. The van der Waals surface area contributed by atoms with Crippen LogP contribution in [0.15, 0.2) is 12.3 Å². The second-order valence-electron chi connectivity index (χ2n) is 5.74. The molecule has 1 atom stereocenters. The highest BCUT2D eigenvalue weighted by atomic mass is 19.1. The van der Waals surface area contributed by atoms with Crippen LogP contribution in [-0.2, 0) is 6.54 Å². The molecule has 20 heavy (non-hydrogen) atoms. The number of anilines is 1. The van der Waals surface area contributed by atoms with Crippen molar-refractivity contribution in [1.29, 1.82) is 0 Å².